The third-order valence-corrected chi connectivity index (χ3v) is 5.14. The Morgan fingerprint density at radius 3 is 2.71 bits per heavy atom. The topological polar surface area (TPSA) is 91.0 Å². The van der Waals surface area contributed by atoms with Crippen LogP contribution < -0.4 is 0 Å². The predicted octanol–water partition coefficient (Wildman–Crippen LogP) is 4.83. The van der Waals surface area contributed by atoms with Crippen LogP contribution in [0.2, 0.25) is 0 Å². The fraction of sp³-hybridized carbons (Fsp3) is 0.296. The second-order valence-corrected chi connectivity index (χ2v) is 7.44. The van der Waals surface area contributed by atoms with Crippen molar-refractivity contribution in [1.82, 2.24) is 9.88 Å². The third kappa shape index (κ3) is 7.42. The molecule has 0 aliphatic heterocycles. The molecule has 180 valence electrons. The van der Waals surface area contributed by atoms with E-state index in [0.717, 1.165) is 34.2 Å². The van der Waals surface area contributed by atoms with Crippen LogP contribution in [0.25, 0.3) is 0 Å². The number of allylic oxidation sites excluding steroid dienone is 6. The molecule has 2 rings (SSSR count). The van der Waals surface area contributed by atoms with Gasteiger partial charge in [-0.3, -0.25) is 4.98 Å². The van der Waals surface area contributed by atoms with Gasteiger partial charge in [0.05, 0.1) is 25.6 Å². The maximum Gasteiger partial charge on any atom is 0.117 e. The van der Waals surface area contributed by atoms with Gasteiger partial charge in [0.15, 0.2) is 0 Å². The Labute approximate surface area is 202 Å². The van der Waals surface area contributed by atoms with E-state index in [1.807, 2.05) is 56.4 Å². The maximum atomic E-state index is 9.52. The first-order chi connectivity index (χ1) is 16.5. The zero-order valence-electron chi connectivity index (χ0n) is 20.4. The minimum atomic E-state index is 0.0596. The molecule has 0 fully saturated rings. The highest BCUT2D eigenvalue weighted by molar-refractivity contribution is 6.37. The van der Waals surface area contributed by atoms with Gasteiger partial charge < -0.3 is 24.9 Å². The third-order valence-electron chi connectivity index (χ3n) is 5.14. The highest BCUT2D eigenvalue weighted by atomic mass is 16.5. The SMILES string of the molecule is C=C/C(=C\C(=C/C)N(CCCO)C1=CC(OC)=CCC(OC)=C1)N=C(C=N)c1ccnc(C)c1. The lowest BCUT2D eigenvalue weighted by Crippen LogP contribution is -2.23. The lowest BCUT2D eigenvalue weighted by Gasteiger charge is -2.27. The van der Waals surface area contributed by atoms with Crippen LogP contribution in [0.15, 0.2) is 95.0 Å². The Balaban J connectivity index is 2.54. The number of methoxy groups -OCH3 is 2. The summed E-state index contributed by atoms with van der Waals surface area (Å²) in [4.78, 5) is 11.0. The van der Waals surface area contributed by atoms with E-state index in [9.17, 15) is 5.11 Å². The van der Waals surface area contributed by atoms with Crippen LogP contribution in [-0.2, 0) is 9.47 Å². The Morgan fingerprint density at radius 2 is 2.12 bits per heavy atom. The molecule has 1 aliphatic carbocycles. The standard InChI is InChI=1S/C27H34N4O3/c1-6-22(30-27(19-28)21-11-12-29-20(3)15-21)16-23(7-2)31(13-8-14-32)24-17-25(33-4)9-10-26(18-24)34-5/h6-7,9,11-12,15-19,28,32H,1,8,10,13-14H2,2-5H3/b22-16+,23-7+,28-19?,30-27?. The van der Waals surface area contributed by atoms with Gasteiger partial charge in [-0.2, -0.15) is 0 Å². The smallest absolute Gasteiger partial charge is 0.117 e. The quantitative estimate of drug-likeness (QED) is 0.343. The molecule has 1 aliphatic rings. The van der Waals surface area contributed by atoms with Crippen molar-refractivity contribution in [2.45, 2.75) is 26.7 Å². The fourth-order valence-corrected chi connectivity index (χ4v) is 3.38. The van der Waals surface area contributed by atoms with Crippen molar-refractivity contribution in [2.24, 2.45) is 4.99 Å². The van der Waals surface area contributed by atoms with Crippen molar-refractivity contribution in [3.63, 3.8) is 0 Å². The van der Waals surface area contributed by atoms with E-state index in [0.29, 0.717) is 30.8 Å². The van der Waals surface area contributed by atoms with E-state index in [1.165, 1.54) is 6.21 Å². The maximum absolute atomic E-state index is 9.52. The van der Waals surface area contributed by atoms with Gasteiger partial charge >= 0.3 is 0 Å². The molecule has 1 heterocycles. The van der Waals surface area contributed by atoms with Crippen molar-refractivity contribution in [1.29, 1.82) is 5.41 Å². The van der Waals surface area contributed by atoms with Gasteiger partial charge in [0.25, 0.3) is 0 Å². The second kappa shape index (κ2) is 13.7. The van der Waals surface area contributed by atoms with E-state index in [2.05, 4.69) is 21.5 Å². The molecule has 2 N–H and O–H groups in total. The molecule has 0 amide bonds. The summed E-state index contributed by atoms with van der Waals surface area (Å²) < 4.78 is 11.0. The summed E-state index contributed by atoms with van der Waals surface area (Å²) in [6.07, 6.45) is 15.5. The number of aromatic nitrogens is 1. The molecule has 7 nitrogen and oxygen atoms in total. The Morgan fingerprint density at radius 1 is 1.32 bits per heavy atom. The minimum absolute atomic E-state index is 0.0596. The lowest BCUT2D eigenvalue weighted by atomic mass is 10.1. The molecule has 0 unspecified atom stereocenters. The van der Waals surface area contributed by atoms with Crippen molar-refractivity contribution in [2.75, 3.05) is 27.4 Å². The highest BCUT2D eigenvalue weighted by Crippen LogP contribution is 2.25. The van der Waals surface area contributed by atoms with Crippen molar-refractivity contribution in [3.8, 4) is 0 Å². The monoisotopic (exact) mass is 462 g/mol. The van der Waals surface area contributed by atoms with Crippen molar-refractivity contribution in [3.05, 3.63) is 101 Å². The van der Waals surface area contributed by atoms with Crippen LogP contribution in [0.3, 0.4) is 0 Å². The molecule has 0 bridgehead atoms. The number of aliphatic hydroxyl groups is 1. The Kier molecular flexibility index (Phi) is 10.7. The average molecular weight is 463 g/mol. The van der Waals surface area contributed by atoms with Gasteiger partial charge in [-0.1, -0.05) is 12.7 Å². The van der Waals surface area contributed by atoms with Gasteiger partial charge in [-0.25, -0.2) is 4.99 Å². The fourth-order valence-electron chi connectivity index (χ4n) is 3.38. The first-order valence-electron chi connectivity index (χ1n) is 11.1. The number of aliphatic hydroxyl groups excluding tert-OH is 1. The number of nitrogens with zero attached hydrogens (tertiary/aromatic N) is 3. The summed E-state index contributed by atoms with van der Waals surface area (Å²) in [6, 6.07) is 3.72. The summed E-state index contributed by atoms with van der Waals surface area (Å²) in [6.45, 7) is 8.39. The molecule has 34 heavy (non-hydrogen) atoms. The molecule has 0 radical (unpaired) electrons. The van der Waals surface area contributed by atoms with Gasteiger partial charge in [-0.05, 0) is 56.7 Å². The summed E-state index contributed by atoms with van der Waals surface area (Å²) in [7, 11) is 3.28. The minimum Gasteiger partial charge on any atom is -0.501 e. The molecule has 0 atom stereocenters. The van der Waals surface area contributed by atoms with E-state index in [-0.39, 0.29) is 6.61 Å². The number of hydrogen-bond donors (Lipinski definition) is 2. The number of hydrogen-bond acceptors (Lipinski definition) is 7. The first kappa shape index (κ1) is 26.5. The lowest BCUT2D eigenvalue weighted by molar-refractivity contribution is 0.266. The van der Waals surface area contributed by atoms with Crippen LogP contribution in [-0.4, -0.2) is 54.3 Å². The van der Waals surface area contributed by atoms with Crippen LogP contribution >= 0.6 is 0 Å². The molecule has 0 saturated carbocycles. The zero-order valence-corrected chi connectivity index (χ0v) is 20.4. The summed E-state index contributed by atoms with van der Waals surface area (Å²) in [5.41, 5.74) is 4.49. The molecular weight excluding hydrogens is 428 g/mol. The summed E-state index contributed by atoms with van der Waals surface area (Å²) in [5, 5.41) is 17.4. The van der Waals surface area contributed by atoms with E-state index >= 15 is 0 Å². The number of rotatable bonds is 12. The van der Waals surface area contributed by atoms with Gasteiger partial charge in [0, 0.05) is 60.7 Å². The Hall–Kier alpha value is -3.71. The number of pyridine rings is 1. The van der Waals surface area contributed by atoms with Crippen molar-refractivity contribution < 1.29 is 14.6 Å². The van der Waals surface area contributed by atoms with Crippen molar-refractivity contribution >= 4 is 11.9 Å². The van der Waals surface area contributed by atoms with Gasteiger partial charge in [-0.15, -0.1) is 0 Å². The summed E-state index contributed by atoms with van der Waals surface area (Å²) in [5.74, 6) is 1.53. The number of ether oxygens (including phenoxy) is 2. The number of aryl methyl sites for hydroxylation is 1. The molecule has 1 aromatic heterocycles. The van der Waals surface area contributed by atoms with E-state index < -0.39 is 0 Å². The predicted molar refractivity (Wildman–Crippen MR) is 138 cm³/mol. The zero-order chi connectivity index (χ0) is 24.9. The van der Waals surface area contributed by atoms with Crippen LogP contribution in [0.1, 0.15) is 31.0 Å². The second-order valence-electron chi connectivity index (χ2n) is 7.44. The molecule has 0 spiro atoms. The normalized spacial score (nSPS) is 15.0. The highest BCUT2D eigenvalue weighted by Gasteiger charge is 2.16. The average Bonchev–Trinajstić information content (AvgIpc) is 3.07. The van der Waals surface area contributed by atoms with E-state index in [4.69, 9.17) is 14.9 Å². The molecule has 0 saturated heterocycles. The Bertz CT molecular complexity index is 1060. The molecule has 0 aromatic carbocycles. The first-order valence-corrected chi connectivity index (χ1v) is 11.1. The van der Waals surface area contributed by atoms with Gasteiger partial charge in [0.1, 0.15) is 11.5 Å². The largest absolute Gasteiger partial charge is 0.501 e. The number of aliphatic imine (C=N–C) groups is 1. The van der Waals surface area contributed by atoms with Gasteiger partial charge in [0.2, 0.25) is 0 Å². The summed E-state index contributed by atoms with van der Waals surface area (Å²) >= 11 is 0. The van der Waals surface area contributed by atoms with E-state index in [1.54, 1.807) is 26.5 Å². The molecule has 7 heteroatoms. The molecule has 1 aromatic rings. The van der Waals surface area contributed by atoms with Crippen LogP contribution in [0.4, 0.5) is 0 Å². The molecular formula is C27H34N4O3. The number of nitrogens with one attached hydrogen (secondary N) is 1. The van der Waals surface area contributed by atoms with Crippen LogP contribution in [0.5, 0.6) is 0 Å². The van der Waals surface area contributed by atoms with Crippen LogP contribution in [0, 0.1) is 12.3 Å².